The summed E-state index contributed by atoms with van der Waals surface area (Å²) in [4.78, 5) is 14.8. The maximum Gasteiger partial charge on any atom is 0.339 e. The summed E-state index contributed by atoms with van der Waals surface area (Å²) in [5.41, 5.74) is 0.910. The molecule has 13 heavy (non-hydrogen) atoms. The molecule has 4 nitrogen and oxygen atoms in total. The second kappa shape index (κ2) is 3.89. The van der Waals surface area contributed by atoms with E-state index in [9.17, 15) is 4.79 Å². The van der Waals surface area contributed by atoms with Gasteiger partial charge in [-0.15, -0.1) is 0 Å². The third-order valence-corrected chi connectivity index (χ3v) is 1.74. The van der Waals surface area contributed by atoms with E-state index in [1.165, 1.54) is 19.4 Å². The van der Waals surface area contributed by atoms with Crippen LogP contribution < -0.4 is 4.74 Å². The number of carboxylic acids is 1. The van der Waals surface area contributed by atoms with Crippen LogP contribution in [0.25, 0.3) is 0 Å². The fourth-order valence-corrected chi connectivity index (χ4v) is 1.01. The van der Waals surface area contributed by atoms with Gasteiger partial charge >= 0.3 is 5.97 Å². The van der Waals surface area contributed by atoms with E-state index in [2.05, 4.69) is 4.98 Å². The second-order valence-corrected chi connectivity index (χ2v) is 2.53. The molecule has 1 N–H and O–H groups in total. The Morgan fingerprint density at radius 2 is 2.38 bits per heavy atom. The van der Waals surface area contributed by atoms with Crippen LogP contribution in [0.4, 0.5) is 0 Å². The Balaban J connectivity index is 3.18. The van der Waals surface area contributed by atoms with Gasteiger partial charge in [0, 0.05) is 5.69 Å². The molecular weight excluding hydrogens is 170 g/mol. The lowest BCUT2D eigenvalue weighted by atomic mass is 10.2. The number of pyridine rings is 1. The minimum Gasteiger partial charge on any atom is -0.494 e. The Kier molecular flexibility index (Phi) is 2.84. The van der Waals surface area contributed by atoms with Gasteiger partial charge in [0.05, 0.1) is 13.3 Å². The maximum atomic E-state index is 10.7. The molecule has 0 bridgehead atoms. The molecule has 0 aliphatic heterocycles. The molecule has 0 unspecified atom stereocenters. The Hall–Kier alpha value is -1.58. The van der Waals surface area contributed by atoms with Gasteiger partial charge in [-0.2, -0.15) is 0 Å². The largest absolute Gasteiger partial charge is 0.494 e. The van der Waals surface area contributed by atoms with Crippen molar-refractivity contribution in [2.75, 3.05) is 7.11 Å². The van der Waals surface area contributed by atoms with Gasteiger partial charge in [-0.05, 0) is 12.5 Å². The number of hydrogen-bond acceptors (Lipinski definition) is 3. The van der Waals surface area contributed by atoms with E-state index in [1.807, 2.05) is 6.92 Å². The van der Waals surface area contributed by atoms with Crippen molar-refractivity contribution in [3.8, 4) is 5.75 Å². The van der Waals surface area contributed by atoms with Crippen LogP contribution in [-0.4, -0.2) is 23.2 Å². The van der Waals surface area contributed by atoms with Crippen molar-refractivity contribution in [1.29, 1.82) is 0 Å². The highest BCUT2D eigenvalue weighted by Crippen LogP contribution is 2.17. The summed E-state index contributed by atoms with van der Waals surface area (Å²) < 4.78 is 4.86. The van der Waals surface area contributed by atoms with Crippen molar-refractivity contribution < 1.29 is 14.6 Å². The zero-order valence-electron chi connectivity index (χ0n) is 7.57. The van der Waals surface area contributed by atoms with Crippen molar-refractivity contribution in [2.24, 2.45) is 0 Å². The third-order valence-electron chi connectivity index (χ3n) is 1.74. The second-order valence-electron chi connectivity index (χ2n) is 2.53. The number of carbonyl (C=O) groups is 1. The molecule has 0 saturated heterocycles. The fourth-order valence-electron chi connectivity index (χ4n) is 1.01. The average Bonchev–Trinajstić information content (AvgIpc) is 2.16. The summed E-state index contributed by atoms with van der Waals surface area (Å²) in [6.07, 6.45) is 2.15. The first-order valence-corrected chi connectivity index (χ1v) is 3.95. The molecule has 1 rings (SSSR count). The lowest BCUT2D eigenvalue weighted by Gasteiger charge is -2.04. The molecule has 0 aromatic carbocycles. The Labute approximate surface area is 76.2 Å². The molecule has 0 aliphatic carbocycles. The van der Waals surface area contributed by atoms with Crippen molar-refractivity contribution in [3.05, 3.63) is 23.5 Å². The summed E-state index contributed by atoms with van der Waals surface area (Å²) in [6, 6.07) is 1.53. The molecule has 0 fully saturated rings. The number of ether oxygens (including phenoxy) is 1. The number of carboxylic acid groups (broad SMARTS) is 1. The normalized spacial score (nSPS) is 9.69. The molecule has 0 aliphatic rings. The molecule has 0 radical (unpaired) electrons. The Bertz CT molecular complexity index is 323. The van der Waals surface area contributed by atoms with Gasteiger partial charge in [0.25, 0.3) is 0 Å². The van der Waals surface area contributed by atoms with Gasteiger partial charge in [0.1, 0.15) is 5.56 Å². The van der Waals surface area contributed by atoms with Gasteiger partial charge < -0.3 is 9.84 Å². The average molecular weight is 181 g/mol. The number of rotatable bonds is 3. The maximum absolute atomic E-state index is 10.7. The molecule has 0 amide bonds. The lowest BCUT2D eigenvalue weighted by molar-refractivity contribution is 0.0693. The number of methoxy groups -OCH3 is 1. The van der Waals surface area contributed by atoms with E-state index >= 15 is 0 Å². The zero-order chi connectivity index (χ0) is 9.84. The first-order chi connectivity index (χ1) is 6.19. The lowest BCUT2D eigenvalue weighted by Crippen LogP contribution is -2.02. The van der Waals surface area contributed by atoms with Crippen molar-refractivity contribution >= 4 is 5.97 Å². The predicted octanol–water partition coefficient (Wildman–Crippen LogP) is 1.35. The van der Waals surface area contributed by atoms with E-state index in [1.54, 1.807) is 0 Å². The topological polar surface area (TPSA) is 59.4 Å². The molecule has 70 valence electrons. The van der Waals surface area contributed by atoms with Gasteiger partial charge in [-0.1, -0.05) is 6.92 Å². The van der Waals surface area contributed by atoms with E-state index in [-0.39, 0.29) is 5.56 Å². The van der Waals surface area contributed by atoms with Gasteiger partial charge in [0.2, 0.25) is 0 Å². The van der Waals surface area contributed by atoms with Crippen molar-refractivity contribution in [2.45, 2.75) is 13.3 Å². The number of aromatic nitrogens is 1. The molecule has 1 heterocycles. The summed E-state index contributed by atoms with van der Waals surface area (Å²) in [5, 5.41) is 8.81. The quantitative estimate of drug-likeness (QED) is 0.764. The molecule has 4 heteroatoms. The van der Waals surface area contributed by atoms with Crippen molar-refractivity contribution in [3.63, 3.8) is 0 Å². The molecular formula is C9H11NO3. The van der Waals surface area contributed by atoms with Crippen LogP contribution in [0.5, 0.6) is 5.75 Å². The number of aryl methyl sites for hydroxylation is 1. The highest BCUT2D eigenvalue weighted by atomic mass is 16.5. The van der Waals surface area contributed by atoms with Crippen LogP contribution in [0.15, 0.2) is 12.3 Å². The summed E-state index contributed by atoms with van der Waals surface area (Å²) in [6.45, 7) is 1.92. The molecule has 0 spiro atoms. The standard InChI is InChI=1S/C9H11NO3/c1-3-6-4-7(9(11)12)8(13-2)5-10-6/h4-5H,3H2,1-2H3,(H,11,12). The van der Waals surface area contributed by atoms with E-state index in [4.69, 9.17) is 9.84 Å². The highest BCUT2D eigenvalue weighted by Gasteiger charge is 2.11. The summed E-state index contributed by atoms with van der Waals surface area (Å²) >= 11 is 0. The van der Waals surface area contributed by atoms with Crippen LogP contribution in [0.1, 0.15) is 23.0 Å². The van der Waals surface area contributed by atoms with Crippen LogP contribution in [-0.2, 0) is 6.42 Å². The third kappa shape index (κ3) is 1.96. The molecule has 0 saturated carbocycles. The fraction of sp³-hybridized carbons (Fsp3) is 0.333. The minimum absolute atomic E-state index is 0.161. The number of aromatic carboxylic acids is 1. The monoisotopic (exact) mass is 181 g/mol. The van der Waals surface area contributed by atoms with E-state index in [0.29, 0.717) is 12.2 Å². The zero-order valence-corrected chi connectivity index (χ0v) is 7.57. The van der Waals surface area contributed by atoms with Crippen LogP contribution in [0.2, 0.25) is 0 Å². The Morgan fingerprint density at radius 3 is 2.85 bits per heavy atom. The minimum atomic E-state index is -0.992. The summed E-state index contributed by atoms with van der Waals surface area (Å²) in [5.74, 6) is -0.696. The first-order valence-electron chi connectivity index (χ1n) is 3.95. The van der Waals surface area contributed by atoms with Gasteiger partial charge in [-0.25, -0.2) is 4.79 Å². The van der Waals surface area contributed by atoms with Crippen LogP contribution in [0, 0.1) is 0 Å². The van der Waals surface area contributed by atoms with Crippen LogP contribution in [0.3, 0.4) is 0 Å². The molecule has 1 aromatic rings. The smallest absolute Gasteiger partial charge is 0.339 e. The molecule has 1 aromatic heterocycles. The van der Waals surface area contributed by atoms with E-state index in [0.717, 1.165) is 5.69 Å². The van der Waals surface area contributed by atoms with E-state index < -0.39 is 5.97 Å². The van der Waals surface area contributed by atoms with Crippen LogP contribution >= 0.6 is 0 Å². The molecule has 0 atom stereocenters. The van der Waals surface area contributed by atoms with Gasteiger partial charge in [-0.3, -0.25) is 4.98 Å². The Morgan fingerprint density at radius 1 is 1.69 bits per heavy atom. The summed E-state index contributed by atoms with van der Waals surface area (Å²) in [7, 11) is 1.43. The predicted molar refractivity (Wildman–Crippen MR) is 47.1 cm³/mol. The van der Waals surface area contributed by atoms with Crippen molar-refractivity contribution in [1.82, 2.24) is 4.98 Å². The highest BCUT2D eigenvalue weighted by molar-refractivity contribution is 5.90. The SMILES string of the molecule is CCc1cc(C(=O)O)c(OC)cn1. The van der Waals surface area contributed by atoms with Gasteiger partial charge in [0.15, 0.2) is 5.75 Å². The number of hydrogen-bond donors (Lipinski definition) is 1. The first kappa shape index (κ1) is 9.51. The number of nitrogens with zero attached hydrogens (tertiary/aromatic N) is 1.